The average molecular weight is 252 g/mol. The maximum Gasteiger partial charge on any atom is 0.323 e. The van der Waals surface area contributed by atoms with E-state index in [4.69, 9.17) is 9.15 Å². The molecule has 1 aliphatic rings. The van der Waals surface area contributed by atoms with Crippen LogP contribution in [-0.4, -0.2) is 35.0 Å². The Balaban J connectivity index is 2.01. The van der Waals surface area contributed by atoms with Crippen LogP contribution in [-0.2, 0) is 16.1 Å². The Labute approximate surface area is 107 Å². The monoisotopic (exact) mass is 252 g/mol. The van der Waals surface area contributed by atoms with Crippen molar-refractivity contribution >= 4 is 5.97 Å². The van der Waals surface area contributed by atoms with Crippen molar-refractivity contribution in [2.75, 3.05) is 13.2 Å². The van der Waals surface area contributed by atoms with Gasteiger partial charge in [-0.1, -0.05) is 0 Å². The van der Waals surface area contributed by atoms with E-state index in [1.54, 1.807) is 0 Å². The highest BCUT2D eigenvalue weighted by molar-refractivity contribution is 5.76. The molecule has 0 amide bonds. The molecule has 5 heteroatoms. The first kappa shape index (κ1) is 13.1. The number of hydrogen-bond acceptors (Lipinski definition) is 5. The maximum atomic E-state index is 11.8. The van der Waals surface area contributed by atoms with Gasteiger partial charge >= 0.3 is 5.97 Å². The number of hydrogen-bond donors (Lipinski definition) is 0. The standard InChI is InChI=1S/C13H20N2O3/c1-4-17-13(16)11-6-5-7-15(11)8-12-14-9(2)10(3)18-12/h11H,4-8H2,1-3H3. The van der Waals surface area contributed by atoms with Crippen LogP contribution in [0.3, 0.4) is 0 Å². The van der Waals surface area contributed by atoms with E-state index in [1.165, 1.54) is 0 Å². The molecule has 0 saturated carbocycles. The van der Waals surface area contributed by atoms with Gasteiger partial charge in [0.05, 0.1) is 18.8 Å². The molecule has 0 aliphatic carbocycles. The van der Waals surface area contributed by atoms with Crippen molar-refractivity contribution in [3.05, 3.63) is 17.3 Å². The van der Waals surface area contributed by atoms with E-state index in [0.29, 0.717) is 19.0 Å². The lowest BCUT2D eigenvalue weighted by Crippen LogP contribution is -2.36. The minimum Gasteiger partial charge on any atom is -0.465 e. The van der Waals surface area contributed by atoms with Gasteiger partial charge < -0.3 is 9.15 Å². The number of carbonyl (C=O) groups excluding carboxylic acids is 1. The number of aromatic nitrogens is 1. The first-order valence-electron chi connectivity index (χ1n) is 6.45. The van der Waals surface area contributed by atoms with Gasteiger partial charge in [-0.3, -0.25) is 9.69 Å². The van der Waals surface area contributed by atoms with Gasteiger partial charge in [-0.05, 0) is 40.2 Å². The molecule has 1 aromatic rings. The molecule has 100 valence electrons. The van der Waals surface area contributed by atoms with Crippen LogP contribution in [0.25, 0.3) is 0 Å². The van der Waals surface area contributed by atoms with Crippen molar-refractivity contribution < 1.29 is 13.9 Å². The van der Waals surface area contributed by atoms with Crippen LogP contribution in [0.4, 0.5) is 0 Å². The Kier molecular flexibility index (Phi) is 4.01. The van der Waals surface area contributed by atoms with Gasteiger partial charge in [-0.15, -0.1) is 0 Å². The molecule has 0 N–H and O–H groups in total. The summed E-state index contributed by atoms with van der Waals surface area (Å²) in [5.74, 6) is 1.40. The van der Waals surface area contributed by atoms with Crippen LogP contribution >= 0.6 is 0 Å². The molecule has 1 saturated heterocycles. The molecule has 0 spiro atoms. The van der Waals surface area contributed by atoms with Crippen LogP contribution in [0.5, 0.6) is 0 Å². The minimum atomic E-state index is -0.141. The number of nitrogens with zero attached hydrogens (tertiary/aromatic N) is 2. The average Bonchev–Trinajstić information content (AvgIpc) is 2.88. The molecule has 1 atom stereocenters. The molecule has 0 radical (unpaired) electrons. The normalized spacial score (nSPS) is 20.3. The molecular weight excluding hydrogens is 232 g/mol. The Hall–Kier alpha value is -1.36. The van der Waals surface area contributed by atoms with Crippen LogP contribution < -0.4 is 0 Å². The fourth-order valence-corrected chi connectivity index (χ4v) is 2.30. The summed E-state index contributed by atoms with van der Waals surface area (Å²) >= 11 is 0. The topological polar surface area (TPSA) is 55.6 Å². The zero-order chi connectivity index (χ0) is 13.1. The number of aryl methyl sites for hydroxylation is 2. The number of oxazole rings is 1. The van der Waals surface area contributed by atoms with Crippen molar-refractivity contribution in [3.63, 3.8) is 0 Å². The Morgan fingerprint density at radius 3 is 2.94 bits per heavy atom. The molecule has 1 fully saturated rings. The Morgan fingerprint density at radius 2 is 2.33 bits per heavy atom. The molecular formula is C13H20N2O3. The van der Waals surface area contributed by atoms with Gasteiger partial charge in [-0.25, -0.2) is 4.98 Å². The quantitative estimate of drug-likeness (QED) is 0.765. The summed E-state index contributed by atoms with van der Waals surface area (Å²) in [6.07, 6.45) is 1.87. The number of likely N-dealkylation sites (tertiary alicyclic amines) is 1. The molecule has 1 aliphatic heterocycles. The second-order valence-electron chi connectivity index (χ2n) is 4.63. The van der Waals surface area contributed by atoms with E-state index in [-0.39, 0.29) is 12.0 Å². The summed E-state index contributed by atoms with van der Waals surface area (Å²) in [5.41, 5.74) is 0.914. The smallest absolute Gasteiger partial charge is 0.323 e. The summed E-state index contributed by atoms with van der Waals surface area (Å²) in [7, 11) is 0. The summed E-state index contributed by atoms with van der Waals surface area (Å²) in [6, 6.07) is -0.141. The van der Waals surface area contributed by atoms with Crippen molar-refractivity contribution in [2.45, 2.75) is 46.2 Å². The van der Waals surface area contributed by atoms with Crippen LogP contribution in [0, 0.1) is 13.8 Å². The van der Waals surface area contributed by atoms with Gasteiger partial charge in [0.2, 0.25) is 5.89 Å². The lowest BCUT2D eigenvalue weighted by molar-refractivity contribution is -0.148. The molecule has 0 aromatic carbocycles. The van der Waals surface area contributed by atoms with Crippen LogP contribution in [0.15, 0.2) is 4.42 Å². The molecule has 18 heavy (non-hydrogen) atoms. The Bertz CT molecular complexity index is 408. The van der Waals surface area contributed by atoms with Gasteiger partial charge in [0.1, 0.15) is 11.8 Å². The number of rotatable bonds is 4. The molecule has 0 bridgehead atoms. The second-order valence-corrected chi connectivity index (χ2v) is 4.63. The highest BCUT2D eigenvalue weighted by Crippen LogP contribution is 2.21. The predicted molar refractivity (Wildman–Crippen MR) is 66.0 cm³/mol. The summed E-state index contributed by atoms with van der Waals surface area (Å²) in [6.45, 7) is 7.56. The second kappa shape index (κ2) is 5.52. The zero-order valence-corrected chi connectivity index (χ0v) is 11.2. The third-order valence-corrected chi connectivity index (χ3v) is 3.33. The van der Waals surface area contributed by atoms with Crippen molar-refractivity contribution in [1.82, 2.24) is 9.88 Å². The largest absolute Gasteiger partial charge is 0.465 e. The van der Waals surface area contributed by atoms with Crippen molar-refractivity contribution in [1.29, 1.82) is 0 Å². The Morgan fingerprint density at radius 1 is 1.56 bits per heavy atom. The fourth-order valence-electron chi connectivity index (χ4n) is 2.30. The number of ether oxygens (including phenoxy) is 1. The van der Waals surface area contributed by atoms with E-state index in [1.807, 2.05) is 20.8 Å². The maximum absolute atomic E-state index is 11.8. The lowest BCUT2D eigenvalue weighted by atomic mass is 10.2. The van der Waals surface area contributed by atoms with Crippen LogP contribution in [0.1, 0.15) is 37.1 Å². The molecule has 5 nitrogen and oxygen atoms in total. The first-order valence-corrected chi connectivity index (χ1v) is 6.45. The molecule has 1 aromatic heterocycles. The van der Waals surface area contributed by atoms with Crippen molar-refractivity contribution in [2.24, 2.45) is 0 Å². The van der Waals surface area contributed by atoms with Gasteiger partial charge in [0.15, 0.2) is 0 Å². The van der Waals surface area contributed by atoms with Gasteiger partial charge in [-0.2, -0.15) is 0 Å². The first-order chi connectivity index (χ1) is 8.61. The third-order valence-electron chi connectivity index (χ3n) is 3.33. The van der Waals surface area contributed by atoms with E-state index < -0.39 is 0 Å². The SMILES string of the molecule is CCOC(=O)C1CCCN1Cc1nc(C)c(C)o1. The van der Waals surface area contributed by atoms with Crippen molar-refractivity contribution in [3.8, 4) is 0 Å². The predicted octanol–water partition coefficient (Wildman–Crippen LogP) is 1.82. The molecule has 2 heterocycles. The van der Waals surface area contributed by atoms with E-state index in [0.717, 1.165) is 30.8 Å². The highest BCUT2D eigenvalue weighted by atomic mass is 16.5. The highest BCUT2D eigenvalue weighted by Gasteiger charge is 2.32. The summed E-state index contributed by atoms with van der Waals surface area (Å²) in [4.78, 5) is 18.2. The lowest BCUT2D eigenvalue weighted by Gasteiger charge is -2.20. The zero-order valence-electron chi connectivity index (χ0n) is 11.2. The molecule has 1 unspecified atom stereocenters. The minimum absolute atomic E-state index is 0.130. The third kappa shape index (κ3) is 2.72. The van der Waals surface area contributed by atoms with Crippen LogP contribution in [0.2, 0.25) is 0 Å². The molecule has 2 rings (SSSR count). The summed E-state index contributed by atoms with van der Waals surface area (Å²) in [5, 5.41) is 0. The number of esters is 1. The number of carbonyl (C=O) groups is 1. The van der Waals surface area contributed by atoms with E-state index in [2.05, 4.69) is 9.88 Å². The fraction of sp³-hybridized carbons (Fsp3) is 0.692. The van der Waals surface area contributed by atoms with Gasteiger partial charge in [0, 0.05) is 0 Å². The van der Waals surface area contributed by atoms with E-state index >= 15 is 0 Å². The van der Waals surface area contributed by atoms with E-state index in [9.17, 15) is 4.79 Å². The van der Waals surface area contributed by atoms with Gasteiger partial charge in [0.25, 0.3) is 0 Å². The summed E-state index contributed by atoms with van der Waals surface area (Å²) < 4.78 is 10.7.